The predicted octanol–water partition coefficient (Wildman–Crippen LogP) is 2.60. The van der Waals surface area contributed by atoms with Gasteiger partial charge in [0.2, 0.25) is 0 Å². The van der Waals surface area contributed by atoms with Crippen molar-refractivity contribution in [2.45, 2.75) is 6.30 Å². The van der Waals surface area contributed by atoms with Crippen LogP contribution in [0.1, 0.15) is 0 Å². The number of halogens is 5. The van der Waals surface area contributed by atoms with Crippen LogP contribution in [-0.2, 0) is 0 Å². The maximum absolute atomic E-state index is 12.5. The fourth-order valence-electron chi connectivity index (χ4n) is 0.801. The smallest absolute Gasteiger partial charge is 0.482 e. The summed E-state index contributed by atoms with van der Waals surface area (Å²) in [4.78, 5) is 0. The van der Waals surface area contributed by atoms with Crippen LogP contribution < -0.4 is 5.32 Å². The molecule has 0 saturated heterocycles. The lowest BCUT2D eigenvalue weighted by molar-refractivity contribution is -0.0999. The summed E-state index contributed by atoms with van der Waals surface area (Å²) in [5.41, 5.74) is -0.815. The van der Waals surface area contributed by atoms with Gasteiger partial charge in [-0.2, -0.15) is 13.2 Å². The fourth-order valence-corrected chi connectivity index (χ4v) is 0.801. The quantitative estimate of drug-likeness (QED) is 0.427. The van der Waals surface area contributed by atoms with Crippen molar-refractivity contribution in [1.29, 1.82) is 0 Å². The number of nitrogens with one attached hydrogen (secondary N) is 1. The van der Waals surface area contributed by atoms with Gasteiger partial charge in [0.1, 0.15) is 0 Å². The van der Waals surface area contributed by atoms with Gasteiger partial charge in [-0.1, -0.05) is 0 Å². The first-order valence-corrected chi connectivity index (χ1v) is 3.32. The van der Waals surface area contributed by atoms with Gasteiger partial charge in [0.05, 0.1) is 0 Å². The monoisotopic (exact) mass is 213 g/mol. The number of hydrogen-bond acceptors (Lipinski definition) is 2. The average molecular weight is 213 g/mol. The van der Waals surface area contributed by atoms with Gasteiger partial charge in [-0.3, -0.25) is 5.32 Å². The number of anilines is 1. The van der Waals surface area contributed by atoms with Crippen LogP contribution in [0, 0.1) is 11.6 Å². The summed E-state index contributed by atoms with van der Waals surface area (Å²) < 4.78 is 60.1. The molecule has 0 aliphatic carbocycles. The van der Waals surface area contributed by atoms with Crippen LogP contribution in [0.15, 0.2) is 12.1 Å². The van der Waals surface area contributed by atoms with E-state index < -0.39 is 29.4 Å². The molecule has 14 heavy (non-hydrogen) atoms. The third kappa shape index (κ3) is 2.48. The number of rotatable bonds is 1. The van der Waals surface area contributed by atoms with E-state index >= 15 is 0 Å². The van der Waals surface area contributed by atoms with E-state index in [1.807, 2.05) is 0 Å². The minimum absolute atomic E-state index is 0.339. The maximum atomic E-state index is 12.5. The lowest BCUT2D eigenvalue weighted by Crippen LogP contribution is -2.20. The average Bonchev–Trinajstić information content (AvgIpc) is 1.96. The number of phenolic OH excluding ortho intramolecular Hbond substituents is 1. The minimum Gasteiger partial charge on any atom is -0.503 e. The number of phenols is 1. The Labute approximate surface area is 75.0 Å². The lowest BCUT2D eigenvalue weighted by Gasteiger charge is -2.10. The van der Waals surface area contributed by atoms with E-state index in [2.05, 4.69) is 0 Å². The van der Waals surface area contributed by atoms with Gasteiger partial charge in [-0.05, 0) is 0 Å². The Balaban J connectivity index is 3.02. The van der Waals surface area contributed by atoms with Crippen LogP contribution in [0.2, 0.25) is 0 Å². The van der Waals surface area contributed by atoms with E-state index in [1.165, 1.54) is 0 Å². The second-order valence-electron chi connectivity index (χ2n) is 2.41. The summed E-state index contributed by atoms with van der Waals surface area (Å²) in [6.45, 7) is 0. The molecule has 0 bridgehead atoms. The van der Waals surface area contributed by atoms with Gasteiger partial charge in [-0.25, -0.2) is 8.78 Å². The van der Waals surface area contributed by atoms with Crippen LogP contribution in [0.4, 0.5) is 27.6 Å². The van der Waals surface area contributed by atoms with Crippen molar-refractivity contribution in [3.63, 3.8) is 0 Å². The Bertz CT molecular complexity index is 325. The third-order valence-electron chi connectivity index (χ3n) is 1.30. The van der Waals surface area contributed by atoms with Gasteiger partial charge >= 0.3 is 6.30 Å². The lowest BCUT2D eigenvalue weighted by atomic mass is 10.3. The van der Waals surface area contributed by atoms with Crippen LogP contribution in [-0.4, -0.2) is 11.4 Å². The zero-order chi connectivity index (χ0) is 10.9. The summed E-state index contributed by atoms with van der Waals surface area (Å²) in [5, 5.41) is 9.47. The van der Waals surface area contributed by atoms with Gasteiger partial charge in [0.15, 0.2) is 17.4 Å². The zero-order valence-electron chi connectivity index (χ0n) is 6.49. The molecule has 0 saturated carbocycles. The summed E-state index contributed by atoms with van der Waals surface area (Å²) in [6.07, 6.45) is -4.78. The van der Waals surface area contributed by atoms with E-state index in [1.54, 1.807) is 0 Å². The van der Waals surface area contributed by atoms with Crippen LogP contribution in [0.5, 0.6) is 5.75 Å². The molecular formula is C7H4F5NO. The minimum atomic E-state index is -4.78. The molecule has 2 N–H and O–H groups in total. The van der Waals surface area contributed by atoms with Crippen molar-refractivity contribution in [3.8, 4) is 5.75 Å². The van der Waals surface area contributed by atoms with Crippen molar-refractivity contribution in [3.05, 3.63) is 23.8 Å². The van der Waals surface area contributed by atoms with E-state index in [9.17, 15) is 22.0 Å². The van der Waals surface area contributed by atoms with E-state index in [0.717, 1.165) is 5.32 Å². The first-order valence-electron chi connectivity index (χ1n) is 3.32. The van der Waals surface area contributed by atoms with Crippen molar-refractivity contribution >= 4 is 5.69 Å². The molecule has 78 valence electrons. The largest absolute Gasteiger partial charge is 0.503 e. The van der Waals surface area contributed by atoms with Crippen molar-refractivity contribution in [2.75, 3.05) is 5.32 Å². The number of hydrogen-bond donors (Lipinski definition) is 2. The van der Waals surface area contributed by atoms with Gasteiger partial charge in [0, 0.05) is 17.8 Å². The molecule has 7 heteroatoms. The molecule has 0 amide bonds. The first-order chi connectivity index (χ1) is 6.29. The normalized spacial score (nSPS) is 11.5. The molecule has 0 heterocycles. The zero-order valence-corrected chi connectivity index (χ0v) is 6.49. The molecule has 0 aliphatic heterocycles. The molecule has 0 spiro atoms. The Hall–Kier alpha value is -1.53. The molecule has 0 aromatic heterocycles. The molecule has 0 fully saturated rings. The SMILES string of the molecule is Oc1c(F)cc(NC(F)(F)F)cc1F. The predicted molar refractivity (Wildman–Crippen MR) is 37.7 cm³/mol. The molecule has 2 nitrogen and oxygen atoms in total. The van der Waals surface area contributed by atoms with Crippen LogP contribution in [0.3, 0.4) is 0 Å². The first kappa shape index (κ1) is 10.6. The molecule has 0 unspecified atom stereocenters. The fraction of sp³-hybridized carbons (Fsp3) is 0.143. The second kappa shape index (κ2) is 3.32. The van der Waals surface area contributed by atoms with Crippen molar-refractivity contribution < 1.29 is 27.1 Å². The Morgan fingerprint density at radius 1 is 1.07 bits per heavy atom. The molecule has 1 aromatic rings. The Kier molecular flexibility index (Phi) is 2.50. The summed E-state index contributed by atoms with van der Waals surface area (Å²) in [5.74, 6) is -4.23. The Morgan fingerprint density at radius 2 is 1.50 bits per heavy atom. The number of aromatic hydroxyl groups is 1. The van der Waals surface area contributed by atoms with Gasteiger partial charge in [0.25, 0.3) is 0 Å². The van der Waals surface area contributed by atoms with Crippen molar-refractivity contribution in [2.24, 2.45) is 0 Å². The molecule has 0 atom stereocenters. The van der Waals surface area contributed by atoms with E-state index in [4.69, 9.17) is 5.11 Å². The highest BCUT2D eigenvalue weighted by molar-refractivity contribution is 5.48. The maximum Gasteiger partial charge on any atom is 0.482 e. The third-order valence-corrected chi connectivity index (χ3v) is 1.30. The molecule has 1 rings (SSSR count). The summed E-state index contributed by atoms with van der Waals surface area (Å²) >= 11 is 0. The molecular weight excluding hydrogens is 209 g/mol. The van der Waals surface area contributed by atoms with E-state index in [-0.39, 0.29) is 0 Å². The number of alkyl halides is 3. The molecule has 0 aliphatic rings. The molecule has 1 aromatic carbocycles. The van der Waals surface area contributed by atoms with Gasteiger partial charge in [-0.15, -0.1) is 0 Å². The number of benzene rings is 1. The highest BCUT2D eigenvalue weighted by atomic mass is 19.4. The topological polar surface area (TPSA) is 32.3 Å². The van der Waals surface area contributed by atoms with Crippen molar-refractivity contribution in [1.82, 2.24) is 0 Å². The highest BCUT2D eigenvalue weighted by Gasteiger charge is 2.27. The standard InChI is InChI=1S/C7H4F5NO/c8-4-1-3(13-7(10,11)12)2-5(9)6(4)14/h1-2,13-14H. The molecule has 0 radical (unpaired) electrons. The van der Waals surface area contributed by atoms with E-state index in [0.29, 0.717) is 12.1 Å². The Morgan fingerprint density at radius 3 is 1.86 bits per heavy atom. The highest BCUT2D eigenvalue weighted by Crippen LogP contribution is 2.27. The van der Waals surface area contributed by atoms with Crippen LogP contribution >= 0.6 is 0 Å². The summed E-state index contributed by atoms with van der Waals surface area (Å²) in [7, 11) is 0. The summed E-state index contributed by atoms with van der Waals surface area (Å²) in [6, 6.07) is 0.678. The van der Waals surface area contributed by atoms with Crippen LogP contribution in [0.25, 0.3) is 0 Å². The second-order valence-corrected chi connectivity index (χ2v) is 2.41. The van der Waals surface area contributed by atoms with Gasteiger partial charge < -0.3 is 5.11 Å².